The number of primary amides is 1. The number of urea groups is 1. The first-order valence-electron chi connectivity index (χ1n) is 5.58. The molecule has 3 amide bonds. The van der Waals surface area contributed by atoms with Crippen LogP contribution in [-0.2, 0) is 0 Å². The zero-order valence-corrected chi connectivity index (χ0v) is 11.1. The van der Waals surface area contributed by atoms with E-state index in [-0.39, 0.29) is 5.91 Å². The van der Waals surface area contributed by atoms with E-state index in [4.69, 9.17) is 5.73 Å². The van der Waals surface area contributed by atoms with Crippen LogP contribution in [0.25, 0.3) is 0 Å². The zero-order chi connectivity index (χ0) is 13.8. The van der Waals surface area contributed by atoms with Crippen LogP contribution in [0.5, 0.6) is 0 Å². The van der Waals surface area contributed by atoms with E-state index >= 15 is 0 Å². The van der Waals surface area contributed by atoms with Crippen LogP contribution in [0.3, 0.4) is 0 Å². The Bertz CT molecular complexity index is 622. The molecule has 2 rings (SSSR count). The van der Waals surface area contributed by atoms with E-state index < -0.39 is 6.03 Å². The van der Waals surface area contributed by atoms with Gasteiger partial charge in [-0.15, -0.1) is 11.3 Å². The van der Waals surface area contributed by atoms with Gasteiger partial charge in [-0.3, -0.25) is 4.79 Å². The molecule has 0 aliphatic heterocycles. The van der Waals surface area contributed by atoms with Crippen molar-refractivity contribution in [3.05, 3.63) is 46.2 Å². The number of thiophene rings is 1. The van der Waals surface area contributed by atoms with E-state index in [1.807, 2.05) is 18.4 Å². The number of benzene rings is 1. The molecule has 1 aromatic heterocycles. The third-order valence-electron chi connectivity index (χ3n) is 2.46. The number of aryl methyl sites for hydroxylation is 1. The van der Waals surface area contributed by atoms with Crippen molar-refractivity contribution < 1.29 is 9.59 Å². The predicted molar refractivity (Wildman–Crippen MR) is 76.7 cm³/mol. The van der Waals surface area contributed by atoms with Crippen LogP contribution >= 0.6 is 11.3 Å². The Morgan fingerprint density at radius 2 is 1.84 bits per heavy atom. The van der Waals surface area contributed by atoms with Crippen molar-refractivity contribution in [2.24, 2.45) is 5.73 Å². The molecule has 0 saturated carbocycles. The van der Waals surface area contributed by atoms with Crippen LogP contribution in [0.15, 0.2) is 35.7 Å². The number of carbonyl (C=O) groups is 2. The third kappa shape index (κ3) is 3.32. The lowest BCUT2D eigenvalue weighted by molar-refractivity contribution is 0.103. The molecule has 1 aromatic carbocycles. The monoisotopic (exact) mass is 275 g/mol. The summed E-state index contributed by atoms with van der Waals surface area (Å²) in [7, 11) is 0. The molecular formula is C13H13N3O2S. The number of amides is 3. The Morgan fingerprint density at radius 1 is 1.16 bits per heavy atom. The maximum atomic E-state index is 12.0. The summed E-state index contributed by atoms with van der Waals surface area (Å²) in [4.78, 5) is 23.5. The summed E-state index contributed by atoms with van der Waals surface area (Å²) < 4.78 is 0. The third-order valence-corrected chi connectivity index (χ3v) is 3.47. The molecule has 4 N–H and O–H groups in total. The lowest BCUT2D eigenvalue weighted by Gasteiger charge is -2.07. The molecule has 0 fully saturated rings. The van der Waals surface area contributed by atoms with Gasteiger partial charge in [0.05, 0.1) is 4.88 Å². The quantitative estimate of drug-likeness (QED) is 0.804. The number of hydrogen-bond donors (Lipinski definition) is 3. The Labute approximate surface area is 114 Å². The van der Waals surface area contributed by atoms with Gasteiger partial charge in [0.25, 0.3) is 5.91 Å². The average molecular weight is 275 g/mol. The van der Waals surface area contributed by atoms with E-state index in [0.29, 0.717) is 16.3 Å². The van der Waals surface area contributed by atoms with Gasteiger partial charge in [0.2, 0.25) is 0 Å². The van der Waals surface area contributed by atoms with Gasteiger partial charge in [0.1, 0.15) is 0 Å². The van der Waals surface area contributed by atoms with Crippen LogP contribution in [0.1, 0.15) is 15.2 Å². The second-order valence-corrected chi connectivity index (χ2v) is 4.87. The molecule has 0 bridgehead atoms. The van der Waals surface area contributed by atoms with E-state index in [2.05, 4.69) is 10.6 Å². The first-order chi connectivity index (χ1) is 9.06. The van der Waals surface area contributed by atoms with Crippen molar-refractivity contribution in [2.45, 2.75) is 6.92 Å². The standard InChI is InChI=1S/C13H13N3O2S/c1-8-5-6-19-11(8)12(17)15-9-3-2-4-10(7-9)16-13(14)18/h2-7H,1H3,(H,15,17)(H3,14,16,18). The molecule has 0 atom stereocenters. The Kier molecular flexibility index (Phi) is 3.82. The Morgan fingerprint density at radius 3 is 2.42 bits per heavy atom. The molecule has 98 valence electrons. The fraction of sp³-hybridized carbons (Fsp3) is 0.0769. The van der Waals surface area contributed by atoms with Crippen LogP contribution in [0, 0.1) is 6.92 Å². The summed E-state index contributed by atoms with van der Waals surface area (Å²) in [5.41, 5.74) is 7.11. The minimum Gasteiger partial charge on any atom is -0.351 e. The van der Waals surface area contributed by atoms with E-state index in [0.717, 1.165) is 5.56 Å². The number of anilines is 2. The molecule has 0 aliphatic rings. The van der Waals surface area contributed by atoms with Crippen molar-refractivity contribution in [1.82, 2.24) is 0 Å². The number of nitrogens with one attached hydrogen (secondary N) is 2. The number of hydrogen-bond acceptors (Lipinski definition) is 3. The highest BCUT2D eigenvalue weighted by atomic mass is 32.1. The van der Waals surface area contributed by atoms with Crippen LogP contribution < -0.4 is 16.4 Å². The minimum absolute atomic E-state index is 0.163. The molecule has 1 heterocycles. The molecule has 0 unspecified atom stereocenters. The molecular weight excluding hydrogens is 262 g/mol. The lowest BCUT2D eigenvalue weighted by atomic mass is 10.2. The second kappa shape index (κ2) is 5.53. The lowest BCUT2D eigenvalue weighted by Crippen LogP contribution is -2.19. The number of nitrogens with two attached hydrogens (primary N) is 1. The van der Waals surface area contributed by atoms with Gasteiger partial charge in [-0.1, -0.05) is 6.07 Å². The van der Waals surface area contributed by atoms with Crippen molar-refractivity contribution in [2.75, 3.05) is 10.6 Å². The number of carbonyl (C=O) groups excluding carboxylic acids is 2. The van der Waals surface area contributed by atoms with Crippen molar-refractivity contribution in [1.29, 1.82) is 0 Å². The van der Waals surface area contributed by atoms with Gasteiger partial charge in [0.15, 0.2) is 0 Å². The molecule has 5 nitrogen and oxygen atoms in total. The molecule has 0 saturated heterocycles. The normalized spacial score (nSPS) is 9.95. The summed E-state index contributed by atoms with van der Waals surface area (Å²) in [6.45, 7) is 1.89. The second-order valence-electron chi connectivity index (χ2n) is 3.96. The average Bonchev–Trinajstić information content (AvgIpc) is 2.75. The highest BCUT2D eigenvalue weighted by Crippen LogP contribution is 2.19. The highest BCUT2D eigenvalue weighted by Gasteiger charge is 2.10. The first-order valence-corrected chi connectivity index (χ1v) is 6.46. The fourth-order valence-electron chi connectivity index (χ4n) is 1.61. The summed E-state index contributed by atoms with van der Waals surface area (Å²) >= 11 is 1.39. The summed E-state index contributed by atoms with van der Waals surface area (Å²) in [5, 5.41) is 7.10. The Balaban J connectivity index is 2.13. The molecule has 0 aliphatic carbocycles. The fourth-order valence-corrected chi connectivity index (χ4v) is 2.43. The SMILES string of the molecule is Cc1ccsc1C(=O)Nc1cccc(NC(N)=O)c1. The van der Waals surface area contributed by atoms with Crippen molar-refractivity contribution >= 4 is 34.6 Å². The predicted octanol–water partition coefficient (Wildman–Crippen LogP) is 2.80. The molecule has 0 spiro atoms. The molecule has 6 heteroatoms. The minimum atomic E-state index is -0.641. The highest BCUT2D eigenvalue weighted by molar-refractivity contribution is 7.12. The molecule has 0 radical (unpaired) electrons. The van der Waals surface area contributed by atoms with Gasteiger partial charge >= 0.3 is 6.03 Å². The maximum absolute atomic E-state index is 12.0. The molecule has 19 heavy (non-hydrogen) atoms. The molecule has 2 aromatic rings. The van der Waals surface area contributed by atoms with Gasteiger partial charge < -0.3 is 16.4 Å². The van der Waals surface area contributed by atoms with Crippen LogP contribution in [-0.4, -0.2) is 11.9 Å². The maximum Gasteiger partial charge on any atom is 0.316 e. The topological polar surface area (TPSA) is 84.2 Å². The van der Waals surface area contributed by atoms with E-state index in [1.165, 1.54) is 11.3 Å². The van der Waals surface area contributed by atoms with Gasteiger partial charge in [-0.25, -0.2) is 4.79 Å². The van der Waals surface area contributed by atoms with Crippen molar-refractivity contribution in [3.63, 3.8) is 0 Å². The zero-order valence-electron chi connectivity index (χ0n) is 10.3. The first kappa shape index (κ1) is 13.1. The van der Waals surface area contributed by atoms with Gasteiger partial charge in [-0.2, -0.15) is 0 Å². The van der Waals surface area contributed by atoms with Crippen LogP contribution in [0.4, 0.5) is 16.2 Å². The number of rotatable bonds is 3. The van der Waals surface area contributed by atoms with Crippen molar-refractivity contribution in [3.8, 4) is 0 Å². The Hall–Kier alpha value is -2.34. The van der Waals surface area contributed by atoms with E-state index in [9.17, 15) is 9.59 Å². The summed E-state index contributed by atoms with van der Waals surface area (Å²) in [6, 6.07) is 8.06. The smallest absolute Gasteiger partial charge is 0.316 e. The largest absolute Gasteiger partial charge is 0.351 e. The van der Waals surface area contributed by atoms with E-state index in [1.54, 1.807) is 24.3 Å². The van der Waals surface area contributed by atoms with Gasteiger partial charge in [-0.05, 0) is 42.1 Å². The van der Waals surface area contributed by atoms with Gasteiger partial charge in [0, 0.05) is 11.4 Å². The summed E-state index contributed by atoms with van der Waals surface area (Å²) in [6.07, 6.45) is 0. The summed E-state index contributed by atoms with van der Waals surface area (Å²) in [5.74, 6) is -0.163. The van der Waals surface area contributed by atoms with Crippen LogP contribution in [0.2, 0.25) is 0 Å².